The summed E-state index contributed by atoms with van der Waals surface area (Å²) >= 11 is 0. The van der Waals surface area contributed by atoms with Gasteiger partial charge in [0.2, 0.25) is 0 Å². The topological polar surface area (TPSA) is 55.1 Å². The predicted octanol–water partition coefficient (Wildman–Crippen LogP) is 0.953. The van der Waals surface area contributed by atoms with Crippen molar-refractivity contribution in [1.29, 1.82) is 0 Å². The van der Waals surface area contributed by atoms with E-state index in [2.05, 4.69) is 0 Å². The van der Waals surface area contributed by atoms with E-state index in [0.717, 1.165) is 45.4 Å². The molecule has 67 valence electrons. The molecule has 0 atom stereocenters. The van der Waals surface area contributed by atoms with Gasteiger partial charge in [-0.15, -0.1) is 0 Å². The molecule has 0 aliphatic heterocycles. The number of hydrogen-bond donors (Lipinski definition) is 1. The van der Waals surface area contributed by atoms with Crippen molar-refractivity contribution in [2.24, 2.45) is 5.73 Å². The van der Waals surface area contributed by atoms with Crippen molar-refractivity contribution in [2.75, 3.05) is 26.4 Å². The van der Waals surface area contributed by atoms with E-state index in [1.807, 2.05) is 0 Å². The highest BCUT2D eigenvalue weighted by Crippen LogP contribution is 1.91. The maximum atomic E-state index is 9.99. The highest BCUT2D eigenvalue weighted by atomic mass is 16.5. The molecule has 0 heterocycles. The molecule has 11 heavy (non-hydrogen) atoms. The van der Waals surface area contributed by atoms with E-state index in [-0.39, 0.29) is 6.61 Å². The van der Waals surface area contributed by atoms with Crippen LogP contribution in [0.25, 0.3) is 0 Å². The molecule has 0 rings (SSSR count). The first kappa shape index (κ1) is 10.9. The Labute approximate surface area is 68.5 Å². The molecule has 3 nitrogen and oxygen atoms in total. The lowest BCUT2D eigenvalue weighted by Crippen LogP contribution is -2.02. The van der Waals surface area contributed by atoms with Crippen LogP contribution in [0.1, 0.15) is 25.7 Å². The van der Waals surface area contributed by atoms with Crippen LogP contribution in [0.3, 0.4) is 0 Å². The molecule has 0 amide bonds. The Morgan fingerprint density at radius 2 is 1.64 bits per heavy atom. The molecule has 0 aromatic carbocycles. The summed E-state index contributed by atoms with van der Waals surface area (Å²) in [4.78, 5) is 0. The zero-order chi connectivity index (χ0) is 8.36. The van der Waals surface area contributed by atoms with Gasteiger partial charge in [0.15, 0.2) is 0 Å². The number of ether oxygens (including phenoxy) is 1. The van der Waals surface area contributed by atoms with Crippen molar-refractivity contribution < 1.29 is 9.84 Å². The van der Waals surface area contributed by atoms with Crippen LogP contribution in [0.4, 0.5) is 0 Å². The van der Waals surface area contributed by atoms with E-state index >= 15 is 0 Å². The lowest BCUT2D eigenvalue weighted by atomic mass is 10.3. The highest BCUT2D eigenvalue weighted by Gasteiger charge is 1.88. The zero-order valence-corrected chi connectivity index (χ0v) is 7.05. The molecular formula is C8H18NO2. The minimum atomic E-state index is 0.0200. The van der Waals surface area contributed by atoms with Gasteiger partial charge in [-0.05, 0) is 32.2 Å². The molecule has 0 bridgehead atoms. The molecule has 0 aromatic heterocycles. The van der Waals surface area contributed by atoms with Crippen molar-refractivity contribution in [2.45, 2.75) is 25.7 Å². The largest absolute Gasteiger partial charge is 0.381 e. The van der Waals surface area contributed by atoms with Gasteiger partial charge in [0.25, 0.3) is 0 Å². The molecule has 0 saturated heterocycles. The monoisotopic (exact) mass is 160 g/mol. The number of hydrogen-bond acceptors (Lipinski definition) is 2. The fourth-order valence-electron chi connectivity index (χ4n) is 0.757. The van der Waals surface area contributed by atoms with Crippen LogP contribution in [0.5, 0.6) is 0 Å². The second kappa shape index (κ2) is 9.88. The normalized spacial score (nSPS) is 10.4. The van der Waals surface area contributed by atoms with E-state index in [1.54, 1.807) is 0 Å². The predicted molar refractivity (Wildman–Crippen MR) is 43.9 cm³/mol. The van der Waals surface area contributed by atoms with E-state index in [1.165, 1.54) is 0 Å². The summed E-state index contributed by atoms with van der Waals surface area (Å²) in [6.45, 7) is 2.28. The molecule has 0 fully saturated rings. The molecule has 0 spiro atoms. The summed E-state index contributed by atoms with van der Waals surface area (Å²) < 4.78 is 5.24. The minimum Gasteiger partial charge on any atom is -0.381 e. The Balaban J connectivity index is 2.69. The molecule has 1 radical (unpaired) electrons. The lowest BCUT2D eigenvalue weighted by molar-refractivity contribution is 0.114. The zero-order valence-electron chi connectivity index (χ0n) is 7.05. The van der Waals surface area contributed by atoms with Gasteiger partial charge in [-0.1, -0.05) is 0 Å². The molecule has 3 heteroatoms. The van der Waals surface area contributed by atoms with Gasteiger partial charge in [0.1, 0.15) is 0 Å². The molecule has 0 saturated carbocycles. The van der Waals surface area contributed by atoms with Crippen LogP contribution in [0.2, 0.25) is 0 Å². The first-order valence-corrected chi connectivity index (χ1v) is 4.27. The first-order chi connectivity index (χ1) is 5.41. The third kappa shape index (κ3) is 9.88. The number of unbranched alkanes of at least 4 members (excludes halogenated alkanes) is 2. The van der Waals surface area contributed by atoms with Crippen LogP contribution < -0.4 is 5.73 Å². The number of rotatable bonds is 8. The van der Waals surface area contributed by atoms with Gasteiger partial charge in [0.05, 0.1) is 6.61 Å². The Hall–Kier alpha value is -0.120. The average Bonchev–Trinajstić information content (AvgIpc) is 2.03. The molecular weight excluding hydrogens is 142 g/mol. The summed E-state index contributed by atoms with van der Waals surface area (Å²) in [5.41, 5.74) is 5.29. The summed E-state index contributed by atoms with van der Waals surface area (Å²) in [6.07, 6.45) is 3.69. The molecule has 0 aliphatic carbocycles. The standard InChI is InChI=1S/C8H18NO2/c9-5-1-3-7-11-8-4-2-6-10/h1-9H2. The van der Waals surface area contributed by atoms with Crippen molar-refractivity contribution >= 4 is 0 Å². The van der Waals surface area contributed by atoms with E-state index in [4.69, 9.17) is 10.5 Å². The second-order valence-corrected chi connectivity index (χ2v) is 2.52. The SMILES string of the molecule is NCCCCOCCCC[O]. The average molecular weight is 160 g/mol. The summed E-state index contributed by atoms with van der Waals surface area (Å²) in [5, 5.41) is 9.99. The highest BCUT2D eigenvalue weighted by molar-refractivity contribution is 4.40. The summed E-state index contributed by atoms with van der Waals surface area (Å²) in [7, 11) is 0. The van der Waals surface area contributed by atoms with E-state index < -0.39 is 0 Å². The van der Waals surface area contributed by atoms with Gasteiger partial charge in [0, 0.05) is 13.2 Å². The van der Waals surface area contributed by atoms with E-state index in [0.29, 0.717) is 0 Å². The Bertz CT molecular complexity index is 61.1. The van der Waals surface area contributed by atoms with Crippen molar-refractivity contribution in [3.05, 3.63) is 0 Å². The maximum absolute atomic E-state index is 9.99. The van der Waals surface area contributed by atoms with Gasteiger partial charge in [-0.3, -0.25) is 0 Å². The van der Waals surface area contributed by atoms with Gasteiger partial charge in [-0.25, -0.2) is 5.11 Å². The van der Waals surface area contributed by atoms with Gasteiger partial charge < -0.3 is 10.5 Å². The smallest absolute Gasteiger partial charge is 0.0823 e. The van der Waals surface area contributed by atoms with Gasteiger partial charge in [-0.2, -0.15) is 0 Å². The first-order valence-electron chi connectivity index (χ1n) is 4.27. The Morgan fingerprint density at radius 3 is 2.18 bits per heavy atom. The fourth-order valence-corrected chi connectivity index (χ4v) is 0.757. The molecule has 2 N–H and O–H groups in total. The Morgan fingerprint density at radius 1 is 1.00 bits per heavy atom. The summed E-state index contributed by atoms with van der Waals surface area (Å²) in [6, 6.07) is 0. The van der Waals surface area contributed by atoms with Crippen molar-refractivity contribution in [3.8, 4) is 0 Å². The number of nitrogens with two attached hydrogens (primary N) is 1. The second-order valence-electron chi connectivity index (χ2n) is 2.52. The van der Waals surface area contributed by atoms with Crippen molar-refractivity contribution in [1.82, 2.24) is 0 Å². The van der Waals surface area contributed by atoms with Crippen LogP contribution in [0.15, 0.2) is 0 Å². The van der Waals surface area contributed by atoms with E-state index in [9.17, 15) is 5.11 Å². The van der Waals surface area contributed by atoms with Crippen LogP contribution in [0, 0.1) is 0 Å². The quantitative estimate of drug-likeness (QED) is 0.537. The van der Waals surface area contributed by atoms with Crippen LogP contribution in [-0.4, -0.2) is 26.4 Å². The maximum Gasteiger partial charge on any atom is 0.0823 e. The third-order valence-corrected chi connectivity index (χ3v) is 1.43. The lowest BCUT2D eigenvalue weighted by Gasteiger charge is -2.01. The molecule has 0 aliphatic rings. The molecule has 0 unspecified atom stereocenters. The minimum absolute atomic E-state index is 0.0200. The van der Waals surface area contributed by atoms with Crippen LogP contribution in [-0.2, 0) is 9.84 Å². The van der Waals surface area contributed by atoms with Crippen LogP contribution >= 0.6 is 0 Å². The molecule has 0 aromatic rings. The summed E-state index contributed by atoms with van der Waals surface area (Å²) in [5.74, 6) is 0. The third-order valence-electron chi connectivity index (χ3n) is 1.43. The fraction of sp³-hybridized carbons (Fsp3) is 1.00. The van der Waals surface area contributed by atoms with Crippen molar-refractivity contribution in [3.63, 3.8) is 0 Å². The Kier molecular flexibility index (Phi) is 9.77. The van der Waals surface area contributed by atoms with Gasteiger partial charge >= 0.3 is 0 Å².